The Balaban J connectivity index is 1.57. The summed E-state index contributed by atoms with van der Waals surface area (Å²) in [6, 6.07) is 1.40. The topological polar surface area (TPSA) is 135 Å². The van der Waals surface area contributed by atoms with Crippen LogP contribution in [0.3, 0.4) is 0 Å². The molecule has 3 rings (SSSR count). The van der Waals surface area contributed by atoms with Crippen LogP contribution in [0.15, 0.2) is 12.3 Å². The average molecular weight is 476 g/mol. The molecule has 2 aliphatic rings. The first kappa shape index (κ1) is 24.4. The van der Waals surface area contributed by atoms with E-state index in [4.69, 9.17) is 9.94 Å². The molecular weight excluding hydrogens is 450 g/mol. The lowest BCUT2D eigenvalue weighted by molar-refractivity contribution is -0.141. The molecule has 33 heavy (non-hydrogen) atoms. The summed E-state index contributed by atoms with van der Waals surface area (Å²) in [7, 11) is -3.84. The summed E-state index contributed by atoms with van der Waals surface area (Å²) in [4.78, 5) is 36.8. The third-order valence-electron chi connectivity index (χ3n) is 5.94. The van der Waals surface area contributed by atoms with E-state index in [9.17, 15) is 22.8 Å². The number of amides is 2. The lowest BCUT2D eigenvalue weighted by Gasteiger charge is -2.27. The molecule has 1 saturated carbocycles. The van der Waals surface area contributed by atoms with Crippen molar-refractivity contribution in [2.24, 2.45) is 11.8 Å². The number of ether oxygens (including phenoxy) is 1. The predicted molar refractivity (Wildman–Crippen MR) is 116 cm³/mol. The van der Waals surface area contributed by atoms with Gasteiger partial charge >= 0.3 is 12.0 Å². The number of hydrogen-bond acceptors (Lipinski definition) is 7. The van der Waals surface area contributed by atoms with Crippen LogP contribution in [-0.4, -0.2) is 65.2 Å². The molecule has 2 N–H and O–H groups in total. The summed E-state index contributed by atoms with van der Waals surface area (Å²) < 4.78 is 28.7. The Morgan fingerprint density at radius 2 is 2.09 bits per heavy atom. The normalized spacial score (nSPS) is 20.5. The zero-order valence-electron chi connectivity index (χ0n) is 18.5. The minimum absolute atomic E-state index is 0.0138. The Morgan fingerprint density at radius 3 is 2.70 bits per heavy atom. The summed E-state index contributed by atoms with van der Waals surface area (Å²) in [5, 5.41) is 8.91. The number of esters is 1. The van der Waals surface area contributed by atoms with Crippen molar-refractivity contribution in [2.75, 3.05) is 19.4 Å². The van der Waals surface area contributed by atoms with Crippen LogP contribution in [-0.2, 0) is 30.7 Å². The Morgan fingerprint density at radius 1 is 1.36 bits per heavy atom. The second-order valence-corrected chi connectivity index (χ2v) is 10.9. The first-order valence-corrected chi connectivity index (χ1v) is 12.1. The molecular formula is C22H25N3O7S. The summed E-state index contributed by atoms with van der Waals surface area (Å²) in [5.74, 6) is 10.6. The maximum Gasteiger partial charge on any atom is 0.328 e. The van der Waals surface area contributed by atoms with Gasteiger partial charge in [-0.1, -0.05) is 11.8 Å². The number of carbonyl (C=O) groups is 3. The van der Waals surface area contributed by atoms with Crippen LogP contribution in [0, 0.1) is 35.5 Å². The third-order valence-corrected chi connectivity index (χ3v) is 7.96. The average Bonchev–Trinajstić information content (AvgIpc) is 3.28. The van der Waals surface area contributed by atoms with Crippen molar-refractivity contribution in [2.45, 2.75) is 38.0 Å². The Kier molecular flexibility index (Phi) is 6.86. The number of hydrogen-bond donors (Lipinski definition) is 2. The van der Waals surface area contributed by atoms with Crippen molar-refractivity contribution < 1.29 is 32.7 Å². The molecule has 3 atom stereocenters. The van der Waals surface area contributed by atoms with Crippen molar-refractivity contribution in [3.8, 4) is 23.7 Å². The maximum atomic E-state index is 12.7. The lowest BCUT2D eigenvalue weighted by Crippen LogP contribution is -2.50. The number of sulfone groups is 1. The van der Waals surface area contributed by atoms with Gasteiger partial charge in [-0.05, 0) is 37.7 Å². The van der Waals surface area contributed by atoms with Crippen LogP contribution < -0.4 is 5.48 Å². The van der Waals surface area contributed by atoms with Gasteiger partial charge in [-0.2, -0.15) is 0 Å². The van der Waals surface area contributed by atoms with Crippen LogP contribution in [0.25, 0.3) is 0 Å². The lowest BCUT2D eigenvalue weighted by atomic mass is 10.1. The summed E-state index contributed by atoms with van der Waals surface area (Å²) in [6.45, 7) is 3.22. The van der Waals surface area contributed by atoms with Crippen molar-refractivity contribution in [3.05, 3.63) is 23.5 Å². The maximum absolute atomic E-state index is 12.7. The molecule has 1 aromatic rings. The molecule has 0 aromatic carbocycles. The smallest absolute Gasteiger partial charge is 0.328 e. The van der Waals surface area contributed by atoms with E-state index in [-0.39, 0.29) is 43.3 Å². The van der Waals surface area contributed by atoms with Gasteiger partial charge in [0, 0.05) is 49.0 Å². The molecule has 1 aromatic heterocycles. The van der Waals surface area contributed by atoms with Gasteiger partial charge in [0.15, 0.2) is 14.6 Å². The third kappa shape index (κ3) is 5.38. The number of hydroxylamine groups is 1. The van der Waals surface area contributed by atoms with E-state index in [0.29, 0.717) is 17.9 Å². The highest BCUT2D eigenvalue weighted by Gasteiger charge is 2.44. The Labute approximate surface area is 192 Å². The van der Waals surface area contributed by atoms with E-state index < -0.39 is 20.5 Å². The number of nitrogens with one attached hydrogen (secondary N) is 1. The predicted octanol–water partition coefficient (Wildman–Crippen LogP) is 0.525. The molecule has 2 heterocycles. The van der Waals surface area contributed by atoms with E-state index in [0.717, 1.165) is 12.7 Å². The Bertz CT molecular complexity index is 1210. The zero-order valence-corrected chi connectivity index (χ0v) is 19.4. The molecule has 0 saturated heterocycles. The monoisotopic (exact) mass is 475 g/mol. The van der Waals surface area contributed by atoms with Crippen LogP contribution in [0.2, 0.25) is 0 Å². The van der Waals surface area contributed by atoms with Crippen LogP contribution in [0.5, 0.6) is 0 Å². The fourth-order valence-electron chi connectivity index (χ4n) is 3.47. The highest BCUT2D eigenvalue weighted by atomic mass is 32.2. The quantitative estimate of drug-likeness (QED) is 0.254. The number of aromatic nitrogens is 1. The SMILES string of the molecule is CC(=O)OC[C@H]1C[C@@H]1C#CC#Cc1cc2n(c1)C(=O)N(CCC(C)(C(=O)NO)S(C)(=O)=O)C2. The number of rotatable bonds is 7. The first-order chi connectivity index (χ1) is 15.5. The second kappa shape index (κ2) is 9.30. The van der Waals surface area contributed by atoms with Gasteiger partial charge < -0.3 is 9.64 Å². The summed E-state index contributed by atoms with van der Waals surface area (Å²) >= 11 is 0. The van der Waals surface area contributed by atoms with Crippen LogP contribution in [0.1, 0.15) is 37.9 Å². The minimum Gasteiger partial charge on any atom is -0.466 e. The molecule has 0 radical (unpaired) electrons. The van der Waals surface area contributed by atoms with E-state index >= 15 is 0 Å². The molecule has 1 aliphatic heterocycles. The number of nitrogens with zero attached hydrogens (tertiary/aromatic N) is 2. The standard InChI is InChI=1S/C22H25N3O7S/c1-15(26)32-14-18-11-17(18)7-5-4-6-16-10-19-13-24(21(28)25(19)12-16)9-8-22(2,20(27)23-29)33(3,30)31/h10,12,17-18,29H,8-9,11,13-14H2,1-3H3,(H,23,27)/t17-,18+,22?/m0/s1. The van der Waals surface area contributed by atoms with Gasteiger partial charge in [-0.3, -0.25) is 19.4 Å². The van der Waals surface area contributed by atoms with Gasteiger partial charge in [-0.15, -0.1) is 0 Å². The van der Waals surface area contributed by atoms with E-state index in [1.165, 1.54) is 28.8 Å². The molecule has 10 nitrogen and oxygen atoms in total. The first-order valence-electron chi connectivity index (χ1n) is 10.3. The molecule has 176 valence electrons. The largest absolute Gasteiger partial charge is 0.466 e. The summed E-state index contributed by atoms with van der Waals surface area (Å²) in [5.41, 5.74) is 2.71. The number of carbonyl (C=O) groups excluding carboxylic acids is 3. The van der Waals surface area contributed by atoms with Gasteiger partial charge in [-0.25, -0.2) is 18.7 Å². The highest BCUT2D eigenvalue weighted by Crippen LogP contribution is 2.37. The number of fused-ring (bicyclic) bond motifs is 1. The zero-order chi connectivity index (χ0) is 24.4. The van der Waals surface area contributed by atoms with Gasteiger partial charge in [0.1, 0.15) is 0 Å². The summed E-state index contributed by atoms with van der Waals surface area (Å²) in [6.07, 6.45) is 3.21. The van der Waals surface area contributed by atoms with Crippen molar-refractivity contribution in [1.29, 1.82) is 0 Å². The molecule has 1 fully saturated rings. The van der Waals surface area contributed by atoms with Crippen molar-refractivity contribution in [3.63, 3.8) is 0 Å². The minimum atomic E-state index is -3.84. The fourth-order valence-corrected chi connectivity index (χ4v) is 4.31. The second-order valence-electron chi connectivity index (χ2n) is 8.41. The molecule has 0 bridgehead atoms. The molecule has 0 spiro atoms. The highest BCUT2D eigenvalue weighted by molar-refractivity contribution is 7.92. The van der Waals surface area contributed by atoms with Crippen molar-refractivity contribution >= 4 is 27.7 Å². The van der Waals surface area contributed by atoms with E-state index in [2.05, 4.69) is 23.7 Å². The van der Waals surface area contributed by atoms with E-state index in [1.807, 2.05) is 0 Å². The van der Waals surface area contributed by atoms with Crippen molar-refractivity contribution in [1.82, 2.24) is 14.9 Å². The van der Waals surface area contributed by atoms with Gasteiger partial charge in [0.05, 0.1) is 13.2 Å². The van der Waals surface area contributed by atoms with Gasteiger partial charge in [0.2, 0.25) is 0 Å². The van der Waals surface area contributed by atoms with Crippen LogP contribution in [0.4, 0.5) is 4.79 Å². The van der Waals surface area contributed by atoms with Crippen LogP contribution >= 0.6 is 0 Å². The molecule has 1 unspecified atom stereocenters. The molecule has 2 amide bonds. The van der Waals surface area contributed by atoms with E-state index in [1.54, 1.807) is 12.3 Å². The fraction of sp³-hybridized carbons (Fsp3) is 0.500. The molecule has 1 aliphatic carbocycles. The Hall–Kier alpha value is -3.28. The molecule has 11 heteroatoms. The van der Waals surface area contributed by atoms with Gasteiger partial charge in [0.25, 0.3) is 5.91 Å².